The number of ether oxygens (including phenoxy) is 2. The summed E-state index contributed by atoms with van der Waals surface area (Å²) in [6.07, 6.45) is 0.332. The van der Waals surface area contributed by atoms with Gasteiger partial charge in [-0.05, 0) is 24.5 Å². The molecule has 3 rings (SSSR count). The van der Waals surface area contributed by atoms with E-state index in [1.807, 2.05) is 19.9 Å². The molecule has 0 atom stereocenters. The zero-order valence-electron chi connectivity index (χ0n) is 17.1. The van der Waals surface area contributed by atoms with E-state index in [1.54, 1.807) is 15.9 Å². The molecule has 1 aliphatic heterocycles. The van der Waals surface area contributed by atoms with Gasteiger partial charge in [0.05, 0.1) is 18.1 Å². The van der Waals surface area contributed by atoms with Crippen molar-refractivity contribution >= 4 is 33.4 Å². The van der Waals surface area contributed by atoms with Crippen molar-refractivity contribution in [3.05, 3.63) is 34.5 Å². The van der Waals surface area contributed by atoms with Gasteiger partial charge in [-0.2, -0.15) is 0 Å². The Bertz CT molecular complexity index is 883. The molecule has 0 spiro atoms. The van der Waals surface area contributed by atoms with E-state index in [2.05, 4.69) is 0 Å². The van der Waals surface area contributed by atoms with Gasteiger partial charge in [-0.15, -0.1) is 11.3 Å². The van der Waals surface area contributed by atoms with Gasteiger partial charge in [-0.3, -0.25) is 4.79 Å². The minimum absolute atomic E-state index is 0.143. The van der Waals surface area contributed by atoms with Crippen LogP contribution < -0.4 is 0 Å². The van der Waals surface area contributed by atoms with Gasteiger partial charge < -0.3 is 19.3 Å². The van der Waals surface area contributed by atoms with Crippen LogP contribution in [0.15, 0.2) is 18.2 Å². The second-order valence-electron chi connectivity index (χ2n) is 7.56. The van der Waals surface area contributed by atoms with Crippen LogP contribution in [-0.4, -0.2) is 61.7 Å². The number of thiophene rings is 1. The summed E-state index contributed by atoms with van der Waals surface area (Å²) in [6, 6.07) is 4.86. The summed E-state index contributed by atoms with van der Waals surface area (Å²) >= 11 is 1.29. The standard InChI is InChI=1S/C21H27FN2O4S/c1-14(2)12-28-21(26)24-9-5-8-23(10-11-24)20(25)19-15(13-27-3)18-16(22)6-4-7-17(18)29-19/h4,6-7,14H,5,8-13H2,1-3H3. The molecule has 29 heavy (non-hydrogen) atoms. The zero-order chi connectivity index (χ0) is 21.0. The smallest absolute Gasteiger partial charge is 0.409 e. The molecule has 2 aromatic rings. The maximum absolute atomic E-state index is 14.4. The molecule has 158 valence electrons. The van der Waals surface area contributed by atoms with Crippen LogP contribution in [-0.2, 0) is 16.1 Å². The van der Waals surface area contributed by atoms with Gasteiger partial charge in [0.15, 0.2) is 0 Å². The molecule has 0 radical (unpaired) electrons. The number of methoxy groups -OCH3 is 1. The van der Waals surface area contributed by atoms with Crippen LogP contribution in [0, 0.1) is 11.7 Å². The number of hydrogen-bond donors (Lipinski definition) is 0. The highest BCUT2D eigenvalue weighted by Gasteiger charge is 2.27. The Morgan fingerprint density at radius 1 is 1.17 bits per heavy atom. The Balaban J connectivity index is 1.76. The van der Waals surface area contributed by atoms with Crippen molar-refractivity contribution in [1.82, 2.24) is 9.80 Å². The molecule has 2 amide bonds. The summed E-state index contributed by atoms with van der Waals surface area (Å²) in [6.45, 7) is 6.45. The fourth-order valence-corrected chi connectivity index (χ4v) is 4.59. The number of amides is 2. The monoisotopic (exact) mass is 422 g/mol. The van der Waals surface area contributed by atoms with Gasteiger partial charge in [0.1, 0.15) is 5.82 Å². The van der Waals surface area contributed by atoms with E-state index in [4.69, 9.17) is 9.47 Å². The van der Waals surface area contributed by atoms with Crippen molar-refractivity contribution in [3.63, 3.8) is 0 Å². The number of hydrogen-bond acceptors (Lipinski definition) is 5. The van der Waals surface area contributed by atoms with E-state index >= 15 is 0 Å². The highest BCUT2D eigenvalue weighted by molar-refractivity contribution is 7.21. The third-order valence-electron chi connectivity index (χ3n) is 4.83. The lowest BCUT2D eigenvalue weighted by Crippen LogP contribution is -2.38. The average molecular weight is 423 g/mol. The highest BCUT2D eigenvalue weighted by atomic mass is 32.1. The molecule has 0 unspecified atom stereocenters. The van der Waals surface area contributed by atoms with E-state index in [9.17, 15) is 14.0 Å². The lowest BCUT2D eigenvalue weighted by atomic mass is 10.1. The van der Waals surface area contributed by atoms with Crippen molar-refractivity contribution in [2.45, 2.75) is 26.9 Å². The molecule has 1 aromatic heterocycles. The van der Waals surface area contributed by atoms with E-state index in [0.717, 1.165) is 4.70 Å². The van der Waals surface area contributed by atoms with Crippen molar-refractivity contribution in [3.8, 4) is 0 Å². The zero-order valence-corrected chi connectivity index (χ0v) is 17.9. The molecule has 2 heterocycles. The summed E-state index contributed by atoms with van der Waals surface area (Å²) in [7, 11) is 1.53. The quantitative estimate of drug-likeness (QED) is 0.727. The summed E-state index contributed by atoms with van der Waals surface area (Å²) in [5, 5.41) is 0.455. The lowest BCUT2D eigenvalue weighted by Gasteiger charge is -2.22. The highest BCUT2D eigenvalue weighted by Crippen LogP contribution is 2.34. The van der Waals surface area contributed by atoms with E-state index in [0.29, 0.717) is 55.0 Å². The first-order valence-corrected chi connectivity index (χ1v) is 10.6. The van der Waals surface area contributed by atoms with E-state index in [1.165, 1.54) is 24.5 Å². The number of benzene rings is 1. The van der Waals surface area contributed by atoms with Crippen molar-refractivity contribution < 1.29 is 23.5 Å². The molecular weight excluding hydrogens is 395 g/mol. The third-order valence-corrected chi connectivity index (χ3v) is 6.01. The lowest BCUT2D eigenvalue weighted by molar-refractivity contribution is 0.0747. The maximum Gasteiger partial charge on any atom is 0.409 e. The molecule has 0 N–H and O–H groups in total. The number of carbonyl (C=O) groups is 2. The van der Waals surface area contributed by atoms with Gasteiger partial charge in [-0.1, -0.05) is 19.9 Å². The fourth-order valence-electron chi connectivity index (χ4n) is 3.40. The van der Waals surface area contributed by atoms with Gasteiger partial charge in [0.2, 0.25) is 0 Å². The number of nitrogens with zero attached hydrogens (tertiary/aromatic N) is 2. The summed E-state index contributed by atoms with van der Waals surface area (Å²) in [5.41, 5.74) is 0.591. The van der Waals surface area contributed by atoms with Crippen LogP contribution in [0.25, 0.3) is 10.1 Å². The second kappa shape index (κ2) is 9.54. The number of halogens is 1. The first kappa shape index (κ1) is 21.5. The van der Waals surface area contributed by atoms with Crippen LogP contribution in [0.2, 0.25) is 0 Å². The first-order valence-electron chi connectivity index (χ1n) is 9.82. The Morgan fingerprint density at radius 3 is 2.62 bits per heavy atom. The van der Waals surface area contributed by atoms with Crippen LogP contribution in [0.5, 0.6) is 0 Å². The second-order valence-corrected chi connectivity index (χ2v) is 8.61. The SMILES string of the molecule is COCc1c(C(=O)N2CCCN(C(=O)OCC(C)C)CC2)sc2cccc(F)c12. The summed E-state index contributed by atoms with van der Waals surface area (Å²) < 4.78 is 25.7. The van der Waals surface area contributed by atoms with Crippen LogP contribution in [0.4, 0.5) is 9.18 Å². The predicted molar refractivity (Wildman–Crippen MR) is 111 cm³/mol. The number of rotatable bonds is 5. The molecule has 0 bridgehead atoms. The van der Waals surface area contributed by atoms with Gasteiger partial charge in [0, 0.05) is 48.9 Å². The van der Waals surface area contributed by atoms with Gasteiger partial charge in [0.25, 0.3) is 5.91 Å². The molecule has 8 heteroatoms. The topological polar surface area (TPSA) is 59.1 Å². The van der Waals surface area contributed by atoms with Crippen LogP contribution in [0.3, 0.4) is 0 Å². The first-order chi connectivity index (χ1) is 13.9. The molecule has 1 aliphatic rings. The maximum atomic E-state index is 14.4. The number of carbonyl (C=O) groups excluding carboxylic acids is 2. The third kappa shape index (κ3) is 4.87. The normalized spacial score (nSPS) is 15.1. The fraction of sp³-hybridized carbons (Fsp3) is 0.524. The largest absolute Gasteiger partial charge is 0.449 e. The number of fused-ring (bicyclic) bond motifs is 1. The Morgan fingerprint density at radius 2 is 1.90 bits per heavy atom. The van der Waals surface area contributed by atoms with Crippen molar-refractivity contribution in [2.24, 2.45) is 5.92 Å². The van der Waals surface area contributed by atoms with Crippen molar-refractivity contribution in [2.75, 3.05) is 39.9 Å². The van der Waals surface area contributed by atoms with Crippen molar-refractivity contribution in [1.29, 1.82) is 0 Å². The Labute approximate surface area is 174 Å². The molecule has 1 saturated heterocycles. The minimum atomic E-state index is -0.347. The summed E-state index contributed by atoms with van der Waals surface area (Å²) in [5.74, 6) is -0.216. The van der Waals surface area contributed by atoms with Crippen LogP contribution >= 0.6 is 11.3 Å². The van der Waals surface area contributed by atoms with Crippen LogP contribution in [0.1, 0.15) is 35.5 Å². The average Bonchev–Trinajstić information content (AvgIpc) is 2.89. The molecule has 1 fully saturated rings. The van der Waals surface area contributed by atoms with E-state index < -0.39 is 0 Å². The van der Waals surface area contributed by atoms with Gasteiger partial charge in [-0.25, -0.2) is 9.18 Å². The molecule has 6 nitrogen and oxygen atoms in total. The minimum Gasteiger partial charge on any atom is -0.449 e. The molecule has 0 saturated carbocycles. The molecule has 0 aliphatic carbocycles. The summed E-state index contributed by atoms with van der Waals surface area (Å²) in [4.78, 5) is 29.4. The van der Waals surface area contributed by atoms with E-state index in [-0.39, 0.29) is 30.3 Å². The molecular formula is C21H27FN2O4S. The molecule has 1 aromatic carbocycles. The Hall–Kier alpha value is -2.19. The van der Waals surface area contributed by atoms with Gasteiger partial charge >= 0.3 is 6.09 Å². The predicted octanol–water partition coefficient (Wildman–Crippen LogP) is 4.13. The Kier molecular flexibility index (Phi) is 7.08.